The maximum absolute atomic E-state index is 11.7. The molecule has 80 valence electrons. The van der Waals surface area contributed by atoms with Gasteiger partial charge in [-0.1, -0.05) is 24.3 Å². The largest absolute Gasteiger partial charge is 0.468 e. The van der Waals surface area contributed by atoms with Crippen molar-refractivity contribution in [2.75, 3.05) is 7.11 Å². The number of rotatable bonds is 3. The van der Waals surface area contributed by atoms with Gasteiger partial charge in [0.1, 0.15) is 0 Å². The van der Waals surface area contributed by atoms with E-state index in [0.717, 1.165) is 24.0 Å². The van der Waals surface area contributed by atoms with E-state index in [1.165, 1.54) is 7.11 Å². The monoisotopic (exact) mass is 205 g/mol. The summed E-state index contributed by atoms with van der Waals surface area (Å²) in [5, 5.41) is 0. The van der Waals surface area contributed by atoms with E-state index in [1.54, 1.807) is 0 Å². The predicted octanol–water partition coefficient (Wildman–Crippen LogP) is 1.35. The third-order valence-corrected chi connectivity index (χ3v) is 3.08. The molecule has 0 aliphatic heterocycles. The summed E-state index contributed by atoms with van der Waals surface area (Å²) in [7, 11) is 1.44. The van der Waals surface area contributed by atoms with Gasteiger partial charge in [0, 0.05) is 6.54 Å². The van der Waals surface area contributed by atoms with Crippen molar-refractivity contribution in [2.24, 2.45) is 5.73 Å². The number of esters is 1. The van der Waals surface area contributed by atoms with Gasteiger partial charge in [-0.25, -0.2) is 0 Å². The van der Waals surface area contributed by atoms with Crippen LogP contribution in [0.4, 0.5) is 0 Å². The first kappa shape index (κ1) is 10.2. The molecule has 0 saturated heterocycles. The van der Waals surface area contributed by atoms with Gasteiger partial charge in [-0.15, -0.1) is 0 Å². The molecule has 0 atom stereocenters. The molecule has 0 bridgehead atoms. The number of hydrogen-bond acceptors (Lipinski definition) is 3. The van der Waals surface area contributed by atoms with Gasteiger partial charge in [0.15, 0.2) is 0 Å². The maximum atomic E-state index is 11.7. The van der Waals surface area contributed by atoms with Crippen molar-refractivity contribution in [2.45, 2.75) is 24.8 Å². The van der Waals surface area contributed by atoms with Crippen molar-refractivity contribution in [3.8, 4) is 0 Å². The SMILES string of the molecule is COC(=O)C1(c2ccccc2CN)CC1. The molecule has 15 heavy (non-hydrogen) atoms. The molecular formula is C12H15NO2. The summed E-state index contributed by atoms with van der Waals surface area (Å²) in [6, 6.07) is 7.83. The second kappa shape index (κ2) is 3.66. The first-order valence-corrected chi connectivity index (χ1v) is 5.11. The van der Waals surface area contributed by atoms with Crippen molar-refractivity contribution >= 4 is 5.97 Å². The molecule has 0 radical (unpaired) electrons. The normalized spacial score (nSPS) is 17.2. The standard InChI is InChI=1S/C12H15NO2/c1-15-11(14)12(6-7-12)10-5-3-2-4-9(10)8-13/h2-5H,6-8,13H2,1H3. The van der Waals surface area contributed by atoms with E-state index in [9.17, 15) is 4.79 Å². The van der Waals surface area contributed by atoms with Gasteiger partial charge in [0.2, 0.25) is 0 Å². The van der Waals surface area contributed by atoms with Gasteiger partial charge in [-0.05, 0) is 24.0 Å². The minimum Gasteiger partial charge on any atom is -0.468 e. The topological polar surface area (TPSA) is 52.3 Å². The number of carbonyl (C=O) groups excluding carboxylic acids is 1. The summed E-state index contributed by atoms with van der Waals surface area (Å²) in [5.74, 6) is -0.136. The van der Waals surface area contributed by atoms with Crippen LogP contribution in [0.2, 0.25) is 0 Å². The zero-order valence-corrected chi connectivity index (χ0v) is 8.82. The van der Waals surface area contributed by atoms with Crippen LogP contribution in [0.3, 0.4) is 0 Å². The van der Waals surface area contributed by atoms with Gasteiger partial charge >= 0.3 is 5.97 Å². The molecule has 0 heterocycles. The number of carbonyl (C=O) groups is 1. The summed E-state index contributed by atoms with van der Waals surface area (Å²) in [4.78, 5) is 11.7. The van der Waals surface area contributed by atoms with Crippen LogP contribution in [0.25, 0.3) is 0 Å². The molecule has 0 spiro atoms. The highest BCUT2D eigenvalue weighted by atomic mass is 16.5. The first-order valence-electron chi connectivity index (χ1n) is 5.11. The van der Waals surface area contributed by atoms with Gasteiger partial charge < -0.3 is 10.5 Å². The molecule has 2 rings (SSSR count). The molecule has 1 aromatic carbocycles. The van der Waals surface area contributed by atoms with Gasteiger partial charge in [-0.2, -0.15) is 0 Å². The van der Waals surface area contributed by atoms with E-state index in [0.29, 0.717) is 6.54 Å². The molecule has 1 saturated carbocycles. The number of methoxy groups -OCH3 is 1. The molecule has 1 aliphatic carbocycles. The van der Waals surface area contributed by atoms with Crippen LogP contribution in [0.1, 0.15) is 24.0 Å². The minimum absolute atomic E-state index is 0.136. The number of nitrogens with two attached hydrogens (primary N) is 1. The Labute approximate surface area is 89.2 Å². The number of benzene rings is 1. The first-order chi connectivity index (χ1) is 7.24. The summed E-state index contributed by atoms with van der Waals surface area (Å²) >= 11 is 0. The highest BCUT2D eigenvalue weighted by Gasteiger charge is 2.53. The molecule has 0 unspecified atom stereocenters. The Bertz CT molecular complexity index is 383. The van der Waals surface area contributed by atoms with E-state index in [1.807, 2.05) is 24.3 Å². The lowest BCUT2D eigenvalue weighted by Gasteiger charge is -2.16. The number of ether oxygens (including phenoxy) is 1. The van der Waals surface area contributed by atoms with Gasteiger partial charge in [0.05, 0.1) is 12.5 Å². The van der Waals surface area contributed by atoms with Crippen molar-refractivity contribution in [3.05, 3.63) is 35.4 Å². The summed E-state index contributed by atoms with van der Waals surface area (Å²) in [6.45, 7) is 0.467. The van der Waals surface area contributed by atoms with Crippen LogP contribution < -0.4 is 5.73 Å². The van der Waals surface area contributed by atoms with E-state index in [2.05, 4.69) is 0 Å². The number of hydrogen-bond donors (Lipinski definition) is 1. The molecule has 0 amide bonds. The quantitative estimate of drug-likeness (QED) is 0.758. The molecule has 1 aliphatic rings. The van der Waals surface area contributed by atoms with Crippen LogP contribution in [-0.4, -0.2) is 13.1 Å². The lowest BCUT2D eigenvalue weighted by atomic mass is 9.91. The zero-order valence-electron chi connectivity index (χ0n) is 8.82. The molecule has 0 aromatic heterocycles. The van der Waals surface area contributed by atoms with E-state index in [4.69, 9.17) is 10.5 Å². The van der Waals surface area contributed by atoms with Crippen LogP contribution >= 0.6 is 0 Å². The Morgan fingerprint density at radius 2 is 2.13 bits per heavy atom. The zero-order chi connectivity index (χ0) is 10.9. The molecule has 1 fully saturated rings. The average molecular weight is 205 g/mol. The Morgan fingerprint density at radius 1 is 1.47 bits per heavy atom. The summed E-state index contributed by atoms with van der Waals surface area (Å²) in [6.07, 6.45) is 1.74. The van der Waals surface area contributed by atoms with Gasteiger partial charge in [0.25, 0.3) is 0 Å². The Kier molecular flexibility index (Phi) is 2.49. The summed E-state index contributed by atoms with van der Waals surface area (Å²) < 4.78 is 4.85. The van der Waals surface area contributed by atoms with Gasteiger partial charge in [-0.3, -0.25) is 4.79 Å². The van der Waals surface area contributed by atoms with E-state index >= 15 is 0 Å². The molecule has 2 N–H and O–H groups in total. The van der Waals surface area contributed by atoms with Crippen LogP contribution in [-0.2, 0) is 21.5 Å². The Hall–Kier alpha value is -1.35. The van der Waals surface area contributed by atoms with Crippen molar-refractivity contribution in [3.63, 3.8) is 0 Å². The predicted molar refractivity (Wildman–Crippen MR) is 57.3 cm³/mol. The van der Waals surface area contributed by atoms with Crippen molar-refractivity contribution in [1.29, 1.82) is 0 Å². The van der Waals surface area contributed by atoms with Crippen LogP contribution in [0.15, 0.2) is 24.3 Å². The third-order valence-electron chi connectivity index (χ3n) is 3.08. The second-order valence-electron chi connectivity index (χ2n) is 3.93. The maximum Gasteiger partial charge on any atom is 0.316 e. The summed E-state index contributed by atoms with van der Waals surface area (Å²) in [5.41, 5.74) is 7.35. The molecule has 3 nitrogen and oxygen atoms in total. The average Bonchev–Trinajstić information content (AvgIpc) is 3.09. The fraction of sp³-hybridized carbons (Fsp3) is 0.417. The Morgan fingerprint density at radius 3 is 2.67 bits per heavy atom. The molecular weight excluding hydrogens is 190 g/mol. The minimum atomic E-state index is -0.398. The van der Waals surface area contributed by atoms with E-state index < -0.39 is 5.41 Å². The third kappa shape index (κ3) is 1.53. The lowest BCUT2D eigenvalue weighted by Crippen LogP contribution is -2.24. The fourth-order valence-corrected chi connectivity index (χ4v) is 2.07. The van der Waals surface area contributed by atoms with Crippen molar-refractivity contribution in [1.82, 2.24) is 0 Å². The van der Waals surface area contributed by atoms with Crippen molar-refractivity contribution < 1.29 is 9.53 Å². The van der Waals surface area contributed by atoms with E-state index in [-0.39, 0.29) is 5.97 Å². The molecule has 1 aromatic rings. The second-order valence-corrected chi connectivity index (χ2v) is 3.93. The molecule has 3 heteroatoms. The van der Waals surface area contributed by atoms with Crippen LogP contribution in [0, 0.1) is 0 Å². The Balaban J connectivity index is 2.41. The highest BCUT2D eigenvalue weighted by Crippen LogP contribution is 2.50. The smallest absolute Gasteiger partial charge is 0.316 e. The van der Waals surface area contributed by atoms with Crippen LogP contribution in [0.5, 0.6) is 0 Å². The lowest BCUT2D eigenvalue weighted by molar-refractivity contribution is -0.143. The fourth-order valence-electron chi connectivity index (χ4n) is 2.07. The highest BCUT2D eigenvalue weighted by molar-refractivity contribution is 5.87.